The average Bonchev–Trinajstić information content (AvgIpc) is 2.53. The predicted octanol–water partition coefficient (Wildman–Crippen LogP) is 4.39. The number of carbonyl (C=O) groups is 2. The second-order valence-electron chi connectivity index (χ2n) is 4.58. The van der Waals surface area contributed by atoms with Gasteiger partial charge in [0.05, 0.1) is 33.8 Å². The van der Waals surface area contributed by atoms with E-state index in [1.165, 1.54) is 0 Å². The summed E-state index contributed by atoms with van der Waals surface area (Å²) in [4.78, 5) is 28.4. The molecule has 0 saturated carbocycles. The van der Waals surface area contributed by atoms with E-state index in [1.54, 1.807) is 24.3 Å². The van der Waals surface area contributed by atoms with E-state index in [0.717, 1.165) is 23.6 Å². The first-order chi connectivity index (χ1) is 11.1. The van der Waals surface area contributed by atoms with Crippen molar-refractivity contribution in [3.8, 4) is 0 Å². The van der Waals surface area contributed by atoms with Gasteiger partial charge in [-0.1, -0.05) is 35.3 Å². The highest BCUT2D eigenvalue weighted by Crippen LogP contribution is 2.29. The smallest absolute Gasteiger partial charge is 0.161 e. The lowest BCUT2D eigenvalue weighted by molar-refractivity contribution is -0.103. The molecule has 0 amide bonds. The van der Waals surface area contributed by atoms with Crippen LogP contribution >= 0.6 is 23.2 Å². The summed E-state index contributed by atoms with van der Waals surface area (Å²) >= 11 is 12.3. The van der Waals surface area contributed by atoms with E-state index in [9.17, 15) is 9.59 Å². The SMILES string of the molecule is O=CC=Nc1ccc(Cc2ccc(N=CC=O)c(Cl)c2)cc1Cl. The van der Waals surface area contributed by atoms with E-state index in [0.29, 0.717) is 40.4 Å². The molecule has 0 atom stereocenters. The molecule has 0 aliphatic rings. The van der Waals surface area contributed by atoms with Crippen LogP contribution in [0.2, 0.25) is 10.0 Å². The van der Waals surface area contributed by atoms with Crippen LogP contribution in [-0.4, -0.2) is 25.0 Å². The molecule has 0 N–H and O–H groups in total. The van der Waals surface area contributed by atoms with Crippen LogP contribution in [0.5, 0.6) is 0 Å². The lowest BCUT2D eigenvalue weighted by Gasteiger charge is -2.06. The second-order valence-corrected chi connectivity index (χ2v) is 5.39. The Kier molecular flexibility index (Phi) is 6.20. The number of hydrogen-bond donors (Lipinski definition) is 0. The van der Waals surface area contributed by atoms with Crippen molar-refractivity contribution in [3.63, 3.8) is 0 Å². The minimum absolute atomic E-state index is 0.471. The Hall–Kier alpha value is -2.30. The van der Waals surface area contributed by atoms with Crippen molar-refractivity contribution >= 4 is 59.6 Å². The molecule has 116 valence electrons. The normalized spacial score (nSPS) is 11.2. The van der Waals surface area contributed by atoms with Crippen molar-refractivity contribution in [2.24, 2.45) is 9.98 Å². The summed E-state index contributed by atoms with van der Waals surface area (Å²) in [6.45, 7) is 0. The third-order valence-corrected chi connectivity index (χ3v) is 3.59. The molecule has 0 aliphatic carbocycles. The summed E-state index contributed by atoms with van der Waals surface area (Å²) < 4.78 is 0. The highest BCUT2D eigenvalue weighted by molar-refractivity contribution is 6.33. The zero-order chi connectivity index (χ0) is 16.7. The molecule has 0 radical (unpaired) electrons. The average molecular weight is 347 g/mol. The molecular formula is C17H12Cl2N2O2. The van der Waals surface area contributed by atoms with Crippen molar-refractivity contribution in [2.45, 2.75) is 6.42 Å². The molecular weight excluding hydrogens is 335 g/mol. The largest absolute Gasteiger partial charge is 0.297 e. The minimum Gasteiger partial charge on any atom is -0.297 e. The van der Waals surface area contributed by atoms with Crippen LogP contribution in [0.3, 0.4) is 0 Å². The van der Waals surface area contributed by atoms with Crippen LogP contribution < -0.4 is 0 Å². The third kappa shape index (κ3) is 4.84. The molecule has 0 aromatic heterocycles. The van der Waals surface area contributed by atoms with Gasteiger partial charge in [0.15, 0.2) is 12.6 Å². The minimum atomic E-state index is 0.471. The Morgan fingerprint density at radius 2 is 1.22 bits per heavy atom. The fourth-order valence-corrected chi connectivity index (χ4v) is 2.49. The Morgan fingerprint density at radius 3 is 1.57 bits per heavy atom. The predicted molar refractivity (Wildman–Crippen MR) is 94.1 cm³/mol. The Balaban J connectivity index is 2.19. The summed E-state index contributed by atoms with van der Waals surface area (Å²) in [6, 6.07) is 10.9. The maximum atomic E-state index is 10.3. The van der Waals surface area contributed by atoms with E-state index in [1.807, 2.05) is 12.1 Å². The van der Waals surface area contributed by atoms with Crippen molar-refractivity contribution in [3.05, 3.63) is 57.6 Å². The molecule has 0 aliphatic heterocycles. The van der Waals surface area contributed by atoms with Gasteiger partial charge in [-0.15, -0.1) is 0 Å². The van der Waals surface area contributed by atoms with E-state index < -0.39 is 0 Å². The number of rotatable bonds is 6. The summed E-state index contributed by atoms with van der Waals surface area (Å²) in [6.07, 6.45) is 4.13. The van der Waals surface area contributed by atoms with Crippen molar-refractivity contribution in [2.75, 3.05) is 0 Å². The van der Waals surface area contributed by atoms with Gasteiger partial charge in [0.2, 0.25) is 0 Å². The Bertz CT molecular complexity index is 721. The molecule has 2 aromatic carbocycles. The number of aliphatic imine (C=N–C) groups is 2. The molecule has 6 heteroatoms. The maximum Gasteiger partial charge on any atom is 0.161 e. The number of halogens is 2. The van der Waals surface area contributed by atoms with E-state index >= 15 is 0 Å². The zero-order valence-electron chi connectivity index (χ0n) is 11.9. The van der Waals surface area contributed by atoms with Crippen LogP contribution in [0.15, 0.2) is 46.4 Å². The molecule has 4 nitrogen and oxygen atoms in total. The number of benzene rings is 2. The van der Waals surface area contributed by atoms with Gasteiger partial charge < -0.3 is 0 Å². The first kappa shape index (κ1) is 17.1. The molecule has 0 saturated heterocycles. The first-order valence-electron chi connectivity index (χ1n) is 6.66. The van der Waals surface area contributed by atoms with Gasteiger partial charge in [-0.3, -0.25) is 19.6 Å². The topological polar surface area (TPSA) is 58.9 Å². The van der Waals surface area contributed by atoms with Gasteiger partial charge in [-0.2, -0.15) is 0 Å². The molecule has 2 aromatic rings. The molecule has 0 heterocycles. The van der Waals surface area contributed by atoms with Crippen LogP contribution in [0, 0.1) is 0 Å². The highest BCUT2D eigenvalue weighted by Gasteiger charge is 2.04. The van der Waals surface area contributed by atoms with E-state index in [4.69, 9.17) is 23.2 Å². The van der Waals surface area contributed by atoms with Crippen molar-refractivity contribution in [1.82, 2.24) is 0 Å². The summed E-state index contributed by atoms with van der Waals surface area (Å²) in [7, 11) is 0. The van der Waals surface area contributed by atoms with Crippen LogP contribution in [-0.2, 0) is 16.0 Å². The van der Waals surface area contributed by atoms with Gasteiger partial charge in [-0.25, -0.2) is 0 Å². The molecule has 0 unspecified atom stereocenters. The van der Waals surface area contributed by atoms with Crippen LogP contribution in [0.1, 0.15) is 11.1 Å². The van der Waals surface area contributed by atoms with Gasteiger partial charge in [0.1, 0.15) is 0 Å². The monoisotopic (exact) mass is 346 g/mol. The lowest BCUT2D eigenvalue weighted by atomic mass is 10.0. The Labute approximate surface area is 143 Å². The highest BCUT2D eigenvalue weighted by atomic mass is 35.5. The number of nitrogens with zero attached hydrogens (tertiary/aromatic N) is 2. The first-order valence-corrected chi connectivity index (χ1v) is 7.42. The van der Waals surface area contributed by atoms with E-state index in [2.05, 4.69) is 9.98 Å². The third-order valence-electron chi connectivity index (χ3n) is 2.98. The molecule has 0 spiro atoms. The fraction of sp³-hybridized carbons (Fsp3) is 0.0588. The summed E-state index contributed by atoms with van der Waals surface area (Å²) in [5.74, 6) is 0. The fourth-order valence-electron chi connectivity index (χ4n) is 1.99. The number of aldehydes is 2. The summed E-state index contributed by atoms with van der Waals surface area (Å²) in [5, 5.41) is 0.942. The van der Waals surface area contributed by atoms with Gasteiger partial charge in [0.25, 0.3) is 0 Å². The van der Waals surface area contributed by atoms with E-state index in [-0.39, 0.29) is 0 Å². The summed E-state index contributed by atoms with van der Waals surface area (Å²) in [5.41, 5.74) is 3.05. The standard InChI is InChI=1S/C17H12Cl2N2O2/c18-14-10-12(1-3-16(14)20-5-7-22)9-13-2-4-17(15(19)11-13)21-6-8-23/h1-8,10-11H,9H2. The second kappa shape index (κ2) is 8.36. The van der Waals surface area contributed by atoms with Crippen LogP contribution in [0.4, 0.5) is 11.4 Å². The lowest BCUT2D eigenvalue weighted by Crippen LogP contribution is -1.89. The Morgan fingerprint density at radius 1 is 0.783 bits per heavy atom. The molecule has 0 bridgehead atoms. The zero-order valence-corrected chi connectivity index (χ0v) is 13.5. The van der Waals surface area contributed by atoms with Gasteiger partial charge in [-0.05, 0) is 41.8 Å². The molecule has 23 heavy (non-hydrogen) atoms. The molecule has 0 fully saturated rings. The van der Waals surface area contributed by atoms with Gasteiger partial charge >= 0.3 is 0 Å². The van der Waals surface area contributed by atoms with Crippen LogP contribution in [0.25, 0.3) is 0 Å². The number of carbonyl (C=O) groups excluding carboxylic acids is 2. The van der Waals surface area contributed by atoms with Gasteiger partial charge in [0, 0.05) is 0 Å². The number of hydrogen-bond acceptors (Lipinski definition) is 4. The maximum absolute atomic E-state index is 10.3. The quantitative estimate of drug-likeness (QED) is 0.575. The molecule has 2 rings (SSSR count). The van der Waals surface area contributed by atoms with Crippen molar-refractivity contribution in [1.29, 1.82) is 0 Å². The van der Waals surface area contributed by atoms with Crippen molar-refractivity contribution < 1.29 is 9.59 Å².